The Kier molecular flexibility index (Phi) is 4.42. The van der Waals surface area contributed by atoms with Crippen LogP contribution in [0.3, 0.4) is 0 Å². The summed E-state index contributed by atoms with van der Waals surface area (Å²) in [6.07, 6.45) is 7.42. The Hall–Kier alpha value is -2.73. The van der Waals surface area contributed by atoms with Gasteiger partial charge in [-0.3, -0.25) is 4.98 Å². The molecule has 2 fully saturated rings. The average molecular weight is 349 g/mol. The number of anilines is 2. The number of nitrogens with zero attached hydrogens (tertiary/aromatic N) is 5. The molecular formula is C20H23N5O. The van der Waals surface area contributed by atoms with Gasteiger partial charge in [-0.1, -0.05) is 19.2 Å². The summed E-state index contributed by atoms with van der Waals surface area (Å²) in [7, 11) is 1.76. The fourth-order valence-electron chi connectivity index (χ4n) is 3.46. The van der Waals surface area contributed by atoms with Gasteiger partial charge in [-0.05, 0) is 23.8 Å². The van der Waals surface area contributed by atoms with E-state index in [1.54, 1.807) is 31.7 Å². The van der Waals surface area contributed by atoms with Gasteiger partial charge >= 0.3 is 0 Å². The molecule has 0 aromatic carbocycles. The lowest BCUT2D eigenvalue weighted by atomic mass is 9.94. The number of hydrogen-bond donors (Lipinski definition) is 0. The summed E-state index contributed by atoms with van der Waals surface area (Å²) in [6, 6.07) is 4.08. The van der Waals surface area contributed by atoms with Crippen LogP contribution in [0.15, 0.2) is 37.7 Å². The van der Waals surface area contributed by atoms with Crippen LogP contribution in [0.25, 0.3) is 12.2 Å². The summed E-state index contributed by atoms with van der Waals surface area (Å²) in [5.41, 5.74) is 2.94. The summed E-state index contributed by atoms with van der Waals surface area (Å²) in [5.74, 6) is 2.33. The van der Waals surface area contributed by atoms with Crippen LogP contribution >= 0.6 is 0 Å². The Morgan fingerprint density at radius 1 is 1.04 bits per heavy atom. The maximum absolute atomic E-state index is 5.37. The second-order valence-electron chi connectivity index (χ2n) is 6.68. The number of ether oxygens (including phenoxy) is 1. The van der Waals surface area contributed by atoms with Crippen molar-refractivity contribution in [3.8, 4) is 0 Å². The minimum Gasteiger partial charge on any atom is -0.378 e. The lowest BCUT2D eigenvalue weighted by Gasteiger charge is -2.43. The standard InChI is InChI=1S/C20H23N5O/c1-4-14-6-7-18(23-17(14)5-2)24-10-15(11-24)19-20(22-9-8-21-19)25-12-16(13-25)26-3/h4-9,15-16H,1-2,10-13H2,3H3. The third kappa shape index (κ3) is 2.86. The summed E-state index contributed by atoms with van der Waals surface area (Å²) in [6.45, 7) is 11.2. The first-order valence-electron chi connectivity index (χ1n) is 8.83. The monoisotopic (exact) mass is 349 g/mol. The molecule has 0 unspecified atom stereocenters. The van der Waals surface area contributed by atoms with E-state index in [2.05, 4.69) is 32.9 Å². The lowest BCUT2D eigenvalue weighted by Crippen LogP contribution is -2.53. The van der Waals surface area contributed by atoms with Crippen molar-refractivity contribution in [3.63, 3.8) is 0 Å². The Bertz CT molecular complexity index is 825. The zero-order valence-corrected chi connectivity index (χ0v) is 15.0. The molecule has 2 aliphatic rings. The maximum atomic E-state index is 5.37. The molecule has 0 atom stereocenters. The van der Waals surface area contributed by atoms with Crippen LogP contribution in [0.1, 0.15) is 22.9 Å². The molecule has 0 bridgehead atoms. The van der Waals surface area contributed by atoms with Crippen molar-refractivity contribution in [2.24, 2.45) is 0 Å². The van der Waals surface area contributed by atoms with E-state index in [4.69, 9.17) is 9.72 Å². The first-order valence-corrected chi connectivity index (χ1v) is 8.83. The smallest absolute Gasteiger partial charge is 0.150 e. The quantitative estimate of drug-likeness (QED) is 0.799. The highest BCUT2D eigenvalue weighted by Crippen LogP contribution is 2.35. The van der Waals surface area contributed by atoms with Gasteiger partial charge in [0.05, 0.1) is 17.5 Å². The number of hydrogen-bond acceptors (Lipinski definition) is 6. The fourth-order valence-corrected chi connectivity index (χ4v) is 3.46. The molecule has 6 nitrogen and oxygen atoms in total. The molecule has 134 valence electrons. The zero-order chi connectivity index (χ0) is 18.1. The number of aromatic nitrogens is 3. The van der Waals surface area contributed by atoms with Crippen LogP contribution in [-0.2, 0) is 4.74 Å². The Morgan fingerprint density at radius 2 is 1.81 bits per heavy atom. The molecule has 4 rings (SSSR count). The number of rotatable bonds is 6. The highest BCUT2D eigenvalue weighted by molar-refractivity contribution is 5.63. The molecule has 2 aliphatic heterocycles. The molecule has 0 N–H and O–H groups in total. The Balaban J connectivity index is 1.47. The summed E-state index contributed by atoms with van der Waals surface area (Å²) in [5, 5.41) is 0. The van der Waals surface area contributed by atoms with Gasteiger partial charge in [0.1, 0.15) is 5.82 Å². The second kappa shape index (κ2) is 6.88. The van der Waals surface area contributed by atoms with Gasteiger partial charge in [-0.15, -0.1) is 0 Å². The maximum Gasteiger partial charge on any atom is 0.150 e. The molecular weight excluding hydrogens is 326 g/mol. The van der Waals surface area contributed by atoms with Crippen molar-refractivity contribution in [1.82, 2.24) is 15.0 Å². The van der Waals surface area contributed by atoms with Crippen LogP contribution < -0.4 is 9.80 Å². The van der Waals surface area contributed by atoms with Gasteiger partial charge in [-0.2, -0.15) is 0 Å². The number of pyridine rings is 1. The average Bonchev–Trinajstić information content (AvgIpc) is 2.60. The van der Waals surface area contributed by atoms with Crippen molar-refractivity contribution >= 4 is 23.8 Å². The molecule has 0 spiro atoms. The molecule has 0 aliphatic carbocycles. The van der Waals surface area contributed by atoms with Crippen molar-refractivity contribution in [2.75, 3.05) is 43.1 Å². The van der Waals surface area contributed by atoms with E-state index in [-0.39, 0.29) is 0 Å². The van der Waals surface area contributed by atoms with E-state index >= 15 is 0 Å². The SMILES string of the molecule is C=Cc1ccc(N2CC(c3nccnc3N3CC(OC)C3)C2)nc1C=C. The van der Waals surface area contributed by atoms with Crippen molar-refractivity contribution in [2.45, 2.75) is 12.0 Å². The predicted molar refractivity (Wildman–Crippen MR) is 104 cm³/mol. The third-order valence-corrected chi connectivity index (χ3v) is 5.14. The lowest BCUT2D eigenvalue weighted by molar-refractivity contribution is 0.0781. The fraction of sp³-hybridized carbons (Fsp3) is 0.350. The normalized spacial score (nSPS) is 17.6. The largest absolute Gasteiger partial charge is 0.378 e. The van der Waals surface area contributed by atoms with Gasteiger partial charge in [0.15, 0.2) is 5.82 Å². The van der Waals surface area contributed by atoms with Crippen LogP contribution in [0.4, 0.5) is 11.6 Å². The first kappa shape index (κ1) is 16.7. The van der Waals surface area contributed by atoms with Crippen LogP contribution in [-0.4, -0.2) is 54.3 Å². The summed E-state index contributed by atoms with van der Waals surface area (Å²) < 4.78 is 5.37. The Labute approximate surface area is 153 Å². The molecule has 26 heavy (non-hydrogen) atoms. The van der Waals surface area contributed by atoms with Gasteiger partial charge < -0.3 is 14.5 Å². The highest BCUT2D eigenvalue weighted by Gasteiger charge is 2.36. The van der Waals surface area contributed by atoms with Crippen LogP contribution in [0.2, 0.25) is 0 Å². The summed E-state index contributed by atoms with van der Waals surface area (Å²) in [4.78, 5) is 18.4. The van der Waals surface area contributed by atoms with Crippen molar-refractivity contribution in [1.29, 1.82) is 0 Å². The summed E-state index contributed by atoms with van der Waals surface area (Å²) >= 11 is 0. The first-order chi connectivity index (χ1) is 12.7. The van der Waals surface area contributed by atoms with E-state index in [0.29, 0.717) is 12.0 Å². The topological polar surface area (TPSA) is 54.4 Å². The van der Waals surface area contributed by atoms with Crippen molar-refractivity contribution in [3.05, 3.63) is 54.6 Å². The van der Waals surface area contributed by atoms with Gasteiger partial charge in [0.25, 0.3) is 0 Å². The number of methoxy groups -OCH3 is 1. The Morgan fingerprint density at radius 3 is 2.50 bits per heavy atom. The molecule has 2 saturated heterocycles. The molecule has 4 heterocycles. The molecule has 0 saturated carbocycles. The zero-order valence-electron chi connectivity index (χ0n) is 15.0. The van der Waals surface area contributed by atoms with Crippen LogP contribution in [0.5, 0.6) is 0 Å². The second-order valence-corrected chi connectivity index (χ2v) is 6.68. The van der Waals surface area contributed by atoms with Crippen LogP contribution in [0, 0.1) is 0 Å². The highest BCUT2D eigenvalue weighted by atomic mass is 16.5. The van der Waals surface area contributed by atoms with E-state index in [9.17, 15) is 0 Å². The van der Waals surface area contributed by atoms with Gasteiger partial charge in [0, 0.05) is 51.6 Å². The van der Waals surface area contributed by atoms with Gasteiger partial charge in [0.2, 0.25) is 0 Å². The molecule has 2 aromatic rings. The van der Waals surface area contributed by atoms with Crippen molar-refractivity contribution < 1.29 is 4.74 Å². The van der Waals surface area contributed by atoms with E-state index < -0.39 is 0 Å². The third-order valence-electron chi connectivity index (χ3n) is 5.14. The minimum absolute atomic E-state index is 0.299. The molecule has 2 aromatic heterocycles. The van der Waals surface area contributed by atoms with E-state index in [1.807, 2.05) is 12.1 Å². The molecule has 0 amide bonds. The minimum atomic E-state index is 0.299. The molecule has 0 radical (unpaired) electrons. The van der Waals surface area contributed by atoms with E-state index in [1.165, 1.54) is 0 Å². The van der Waals surface area contributed by atoms with E-state index in [0.717, 1.165) is 54.8 Å². The van der Waals surface area contributed by atoms with Gasteiger partial charge in [-0.25, -0.2) is 9.97 Å². The molecule has 6 heteroatoms. The predicted octanol–water partition coefficient (Wildman–Crippen LogP) is 2.60.